The molecule has 148 valence electrons. The van der Waals surface area contributed by atoms with Gasteiger partial charge in [-0.2, -0.15) is 4.98 Å². The monoisotopic (exact) mass is 430 g/mol. The topological polar surface area (TPSA) is 106 Å². The quantitative estimate of drug-likeness (QED) is 0.581. The Morgan fingerprint density at radius 2 is 2.07 bits per heavy atom. The van der Waals surface area contributed by atoms with Crippen molar-refractivity contribution in [2.75, 3.05) is 11.4 Å². The fourth-order valence-corrected chi connectivity index (χ4v) is 5.58. The van der Waals surface area contributed by atoms with E-state index in [2.05, 4.69) is 25.0 Å². The number of aryl methyl sites for hydroxylation is 1. The molecule has 0 N–H and O–H groups in total. The molecule has 3 aromatic rings. The molecule has 0 bridgehead atoms. The average molecular weight is 431 g/mol. The lowest BCUT2D eigenvalue weighted by atomic mass is 10.2. The normalized spacial score (nSPS) is 19.3. The van der Waals surface area contributed by atoms with Crippen molar-refractivity contribution in [3.05, 3.63) is 64.7 Å². The van der Waals surface area contributed by atoms with Gasteiger partial charge in [-0.1, -0.05) is 23.7 Å². The number of aromatic nitrogens is 4. The molecule has 3 heterocycles. The molecule has 2 aromatic heterocycles. The third-order valence-corrected chi connectivity index (χ3v) is 7.32. The van der Waals surface area contributed by atoms with Crippen LogP contribution in [0.5, 0.6) is 0 Å². The van der Waals surface area contributed by atoms with Gasteiger partial charge in [0.15, 0.2) is 15.7 Å². The summed E-state index contributed by atoms with van der Waals surface area (Å²) < 4.78 is 32.1. The molecule has 1 aliphatic heterocycles. The van der Waals surface area contributed by atoms with Crippen LogP contribution in [-0.2, 0) is 9.84 Å². The molecular formula is C18H15ClN6O3S. The van der Waals surface area contributed by atoms with Crippen molar-refractivity contribution in [3.63, 3.8) is 0 Å². The van der Waals surface area contributed by atoms with E-state index in [-0.39, 0.29) is 28.8 Å². The maximum Gasteiger partial charge on any atom is 0.373 e. The van der Waals surface area contributed by atoms with Crippen molar-refractivity contribution >= 4 is 33.2 Å². The number of nitrogens with zero attached hydrogens (tertiary/aromatic N) is 6. The summed E-state index contributed by atoms with van der Waals surface area (Å²) in [6.07, 6.45) is 1.67. The lowest BCUT2D eigenvalue weighted by Crippen LogP contribution is -2.28. The average Bonchev–Trinajstić information content (AvgIpc) is 3.35. The van der Waals surface area contributed by atoms with Gasteiger partial charge in [0, 0.05) is 19.5 Å². The van der Waals surface area contributed by atoms with E-state index in [1.54, 1.807) is 36.1 Å². The van der Waals surface area contributed by atoms with Crippen molar-refractivity contribution in [3.8, 4) is 0 Å². The highest BCUT2D eigenvalue weighted by atomic mass is 35.5. The number of rotatable bonds is 4. The lowest BCUT2D eigenvalue weighted by Gasteiger charge is -2.21. The summed E-state index contributed by atoms with van der Waals surface area (Å²) in [5.74, 6) is 1.06. The van der Waals surface area contributed by atoms with Crippen LogP contribution in [0.3, 0.4) is 0 Å². The SMILES string of the molecule is [C-]#[N+]c1nccc(N2C[C@@H](S(=O)(=O)c3ccccc3Cl)C[C@@H]2c2nnc(C)o2)n1. The number of hydrogen-bond acceptors (Lipinski definition) is 8. The number of hydrogen-bond donors (Lipinski definition) is 0. The van der Waals surface area contributed by atoms with Gasteiger partial charge < -0.3 is 14.2 Å². The smallest absolute Gasteiger partial charge is 0.373 e. The van der Waals surface area contributed by atoms with E-state index in [0.717, 1.165) is 0 Å². The molecule has 0 spiro atoms. The molecule has 29 heavy (non-hydrogen) atoms. The third kappa shape index (κ3) is 3.54. The van der Waals surface area contributed by atoms with Crippen LogP contribution in [0.2, 0.25) is 5.02 Å². The minimum atomic E-state index is -3.73. The minimum Gasteiger partial charge on any atom is -0.423 e. The Morgan fingerprint density at radius 3 is 2.76 bits per heavy atom. The summed E-state index contributed by atoms with van der Waals surface area (Å²) in [5.41, 5.74) is 0. The second kappa shape index (κ2) is 7.42. The highest BCUT2D eigenvalue weighted by Crippen LogP contribution is 2.40. The third-order valence-electron chi connectivity index (χ3n) is 4.69. The van der Waals surface area contributed by atoms with E-state index in [1.165, 1.54) is 12.3 Å². The van der Waals surface area contributed by atoms with E-state index in [0.29, 0.717) is 17.6 Å². The molecule has 11 heteroatoms. The number of halogens is 1. The van der Waals surface area contributed by atoms with Crippen LogP contribution in [0.4, 0.5) is 11.8 Å². The number of anilines is 1. The summed E-state index contributed by atoms with van der Waals surface area (Å²) in [5, 5.41) is 7.33. The number of benzene rings is 1. The highest BCUT2D eigenvalue weighted by Gasteiger charge is 2.44. The van der Waals surface area contributed by atoms with Gasteiger partial charge in [-0.15, -0.1) is 21.8 Å². The zero-order valence-corrected chi connectivity index (χ0v) is 16.8. The lowest BCUT2D eigenvalue weighted by molar-refractivity contribution is 0.429. The molecular weight excluding hydrogens is 416 g/mol. The first-order valence-electron chi connectivity index (χ1n) is 8.65. The van der Waals surface area contributed by atoms with Gasteiger partial charge in [0.1, 0.15) is 6.04 Å². The van der Waals surface area contributed by atoms with Crippen molar-refractivity contribution in [1.82, 2.24) is 20.2 Å². The van der Waals surface area contributed by atoms with Gasteiger partial charge in [-0.05, 0) is 18.6 Å². The van der Waals surface area contributed by atoms with Gasteiger partial charge >= 0.3 is 5.95 Å². The van der Waals surface area contributed by atoms with Crippen LogP contribution in [0.1, 0.15) is 24.2 Å². The molecule has 0 amide bonds. The van der Waals surface area contributed by atoms with Crippen molar-refractivity contribution < 1.29 is 12.8 Å². The second-order valence-electron chi connectivity index (χ2n) is 6.49. The molecule has 1 aromatic carbocycles. The van der Waals surface area contributed by atoms with Gasteiger partial charge in [0.2, 0.25) is 11.8 Å². The summed E-state index contributed by atoms with van der Waals surface area (Å²) in [7, 11) is -3.73. The van der Waals surface area contributed by atoms with Gasteiger partial charge in [0.25, 0.3) is 0 Å². The maximum absolute atomic E-state index is 13.3. The van der Waals surface area contributed by atoms with Crippen LogP contribution in [0.15, 0.2) is 45.8 Å². The summed E-state index contributed by atoms with van der Waals surface area (Å²) in [6.45, 7) is 8.93. The predicted molar refractivity (Wildman–Crippen MR) is 104 cm³/mol. The molecule has 0 aliphatic carbocycles. The van der Waals surface area contributed by atoms with Crippen LogP contribution in [0.25, 0.3) is 4.85 Å². The molecule has 0 radical (unpaired) electrons. The first-order valence-corrected chi connectivity index (χ1v) is 10.6. The Morgan fingerprint density at radius 1 is 1.28 bits per heavy atom. The van der Waals surface area contributed by atoms with E-state index < -0.39 is 21.1 Å². The van der Waals surface area contributed by atoms with Crippen LogP contribution >= 0.6 is 11.6 Å². The first-order chi connectivity index (χ1) is 13.9. The zero-order valence-electron chi connectivity index (χ0n) is 15.2. The molecule has 4 rings (SSSR count). The number of sulfone groups is 1. The molecule has 0 unspecified atom stereocenters. The van der Waals surface area contributed by atoms with Crippen molar-refractivity contribution in [2.45, 2.75) is 29.5 Å². The van der Waals surface area contributed by atoms with E-state index in [9.17, 15) is 8.42 Å². The molecule has 9 nitrogen and oxygen atoms in total. The Labute approximate surface area is 172 Å². The molecule has 1 aliphatic rings. The Bertz CT molecular complexity index is 1210. The fourth-order valence-electron chi connectivity index (χ4n) is 3.36. The predicted octanol–water partition coefficient (Wildman–Crippen LogP) is 3.17. The Hall–Kier alpha value is -3.03. The zero-order chi connectivity index (χ0) is 20.6. The molecule has 2 atom stereocenters. The van der Waals surface area contributed by atoms with E-state index in [1.807, 2.05) is 0 Å². The Balaban J connectivity index is 1.76. The van der Waals surface area contributed by atoms with Crippen molar-refractivity contribution in [1.29, 1.82) is 0 Å². The second-order valence-corrected chi connectivity index (χ2v) is 9.09. The molecule has 0 saturated carbocycles. The van der Waals surface area contributed by atoms with Crippen LogP contribution in [0, 0.1) is 13.5 Å². The first kappa shape index (κ1) is 19.3. The van der Waals surface area contributed by atoms with Gasteiger partial charge in [-0.25, -0.2) is 8.42 Å². The van der Waals surface area contributed by atoms with Crippen LogP contribution < -0.4 is 4.90 Å². The largest absolute Gasteiger partial charge is 0.423 e. The summed E-state index contributed by atoms with van der Waals surface area (Å²) in [6, 6.07) is 7.47. The minimum absolute atomic E-state index is 0.0274. The maximum atomic E-state index is 13.3. The Kier molecular flexibility index (Phi) is 4.94. The molecule has 1 saturated heterocycles. The van der Waals surface area contributed by atoms with Gasteiger partial charge in [0.05, 0.1) is 21.4 Å². The summed E-state index contributed by atoms with van der Waals surface area (Å²) >= 11 is 6.15. The van der Waals surface area contributed by atoms with Crippen molar-refractivity contribution in [2.24, 2.45) is 0 Å². The summed E-state index contributed by atoms with van der Waals surface area (Å²) in [4.78, 5) is 13.2. The van der Waals surface area contributed by atoms with Gasteiger partial charge in [-0.3, -0.25) is 0 Å². The van der Waals surface area contributed by atoms with Crippen LogP contribution in [-0.4, -0.2) is 40.4 Å². The highest BCUT2D eigenvalue weighted by molar-refractivity contribution is 7.92. The fraction of sp³-hybridized carbons (Fsp3) is 0.278. The molecule has 1 fully saturated rings. The standard InChI is InChI=1S/C18H15ClN6O3S/c1-11-23-24-17(28-11)14-9-12(29(26,27)15-6-4-3-5-13(15)19)10-25(14)16-7-8-21-18(20-2)22-16/h3-8,12,14H,9-10H2,1H3/t12-,14+/m0/s1. The van der Waals surface area contributed by atoms with E-state index in [4.69, 9.17) is 22.6 Å². The van der Waals surface area contributed by atoms with E-state index >= 15 is 0 Å².